The van der Waals surface area contributed by atoms with Crippen LogP contribution in [0.5, 0.6) is 0 Å². The lowest BCUT2D eigenvalue weighted by Crippen LogP contribution is -2.14. The van der Waals surface area contributed by atoms with Gasteiger partial charge in [-0.3, -0.25) is 14.6 Å². The predicted molar refractivity (Wildman–Crippen MR) is 51.4 cm³/mol. The summed E-state index contributed by atoms with van der Waals surface area (Å²) in [5, 5.41) is 0. The van der Waals surface area contributed by atoms with Crippen LogP contribution in [0.15, 0.2) is 24.4 Å². The van der Waals surface area contributed by atoms with Gasteiger partial charge >= 0.3 is 0 Å². The van der Waals surface area contributed by atoms with Crippen molar-refractivity contribution in [3.63, 3.8) is 0 Å². The molecule has 0 bridgehead atoms. The third kappa shape index (κ3) is 1.27. The first-order valence-electron chi connectivity index (χ1n) is 4.48. The van der Waals surface area contributed by atoms with Crippen LogP contribution in [-0.2, 0) is 6.42 Å². The van der Waals surface area contributed by atoms with Crippen LogP contribution in [0.4, 0.5) is 0 Å². The zero-order chi connectivity index (χ0) is 10.1. The maximum Gasteiger partial charge on any atom is 0.205 e. The van der Waals surface area contributed by atoms with Crippen LogP contribution >= 0.6 is 0 Å². The largest absolute Gasteiger partial charge is 0.289 e. The van der Waals surface area contributed by atoms with E-state index in [0.717, 1.165) is 12.0 Å². The monoisotopic (exact) mass is 187 g/mol. The molecule has 14 heavy (non-hydrogen) atoms. The van der Waals surface area contributed by atoms with Crippen molar-refractivity contribution >= 4 is 11.6 Å². The van der Waals surface area contributed by atoms with Gasteiger partial charge in [-0.25, -0.2) is 0 Å². The summed E-state index contributed by atoms with van der Waals surface area (Å²) in [6.07, 6.45) is 5.02. The van der Waals surface area contributed by atoms with Gasteiger partial charge in [0.05, 0.1) is 5.56 Å². The highest BCUT2D eigenvalue weighted by molar-refractivity contribution is 6.21. The second kappa shape index (κ2) is 3.18. The van der Waals surface area contributed by atoms with Crippen molar-refractivity contribution in [3.05, 3.63) is 41.2 Å². The summed E-state index contributed by atoms with van der Waals surface area (Å²) in [5.74, 6) is -0.329. The summed E-state index contributed by atoms with van der Waals surface area (Å²) < 4.78 is 0. The Morgan fingerprint density at radius 1 is 1.21 bits per heavy atom. The summed E-state index contributed by atoms with van der Waals surface area (Å²) in [6.45, 7) is 1.98. The van der Waals surface area contributed by atoms with Gasteiger partial charge in [-0.15, -0.1) is 0 Å². The van der Waals surface area contributed by atoms with E-state index in [4.69, 9.17) is 0 Å². The Labute approximate surface area is 81.5 Å². The molecular formula is C11H9NO2. The molecule has 0 spiro atoms. The van der Waals surface area contributed by atoms with Crippen LogP contribution in [-0.4, -0.2) is 16.6 Å². The second-order valence-electron chi connectivity index (χ2n) is 3.16. The van der Waals surface area contributed by atoms with Crippen LogP contribution in [0.1, 0.15) is 33.3 Å². The van der Waals surface area contributed by atoms with Crippen LogP contribution < -0.4 is 0 Å². The highest BCUT2D eigenvalue weighted by Crippen LogP contribution is 2.16. The molecule has 1 heterocycles. The molecule has 0 unspecified atom stereocenters. The van der Waals surface area contributed by atoms with Crippen LogP contribution in [0, 0.1) is 0 Å². The van der Waals surface area contributed by atoms with Crippen molar-refractivity contribution in [3.8, 4) is 0 Å². The molecule has 0 saturated heterocycles. The summed E-state index contributed by atoms with van der Waals surface area (Å²) in [7, 11) is 0. The Hall–Kier alpha value is -1.77. The lowest BCUT2D eigenvalue weighted by Gasteiger charge is -2.08. The molecular weight excluding hydrogens is 178 g/mol. The number of rotatable bonds is 1. The van der Waals surface area contributed by atoms with Crippen molar-refractivity contribution in [1.82, 2.24) is 4.98 Å². The van der Waals surface area contributed by atoms with Gasteiger partial charge in [-0.1, -0.05) is 6.92 Å². The van der Waals surface area contributed by atoms with Gasteiger partial charge < -0.3 is 0 Å². The summed E-state index contributed by atoms with van der Waals surface area (Å²) in [6, 6.07) is 1.74. The van der Waals surface area contributed by atoms with Crippen molar-refractivity contribution < 1.29 is 9.59 Å². The van der Waals surface area contributed by atoms with Gasteiger partial charge in [0.25, 0.3) is 0 Å². The summed E-state index contributed by atoms with van der Waals surface area (Å²) in [5.41, 5.74) is 1.67. The topological polar surface area (TPSA) is 47.0 Å². The first-order chi connectivity index (χ1) is 6.72. The number of pyridine rings is 1. The first kappa shape index (κ1) is 8.81. The van der Waals surface area contributed by atoms with E-state index in [-0.39, 0.29) is 17.3 Å². The Morgan fingerprint density at radius 3 is 2.64 bits per heavy atom. The predicted octanol–water partition coefficient (Wildman–Crippen LogP) is 1.58. The number of hydrogen-bond acceptors (Lipinski definition) is 3. The molecule has 0 amide bonds. The molecule has 2 rings (SSSR count). The molecule has 1 aliphatic carbocycles. The van der Waals surface area contributed by atoms with E-state index in [0.29, 0.717) is 5.56 Å². The van der Waals surface area contributed by atoms with E-state index in [1.807, 2.05) is 6.92 Å². The van der Waals surface area contributed by atoms with Gasteiger partial charge in [-0.05, 0) is 30.2 Å². The van der Waals surface area contributed by atoms with E-state index < -0.39 is 0 Å². The zero-order valence-corrected chi connectivity index (χ0v) is 7.78. The van der Waals surface area contributed by atoms with E-state index in [2.05, 4.69) is 4.98 Å². The van der Waals surface area contributed by atoms with E-state index in [1.165, 1.54) is 12.2 Å². The number of nitrogens with zero attached hydrogens (tertiary/aromatic N) is 1. The van der Waals surface area contributed by atoms with Gasteiger partial charge in [0.15, 0.2) is 5.78 Å². The van der Waals surface area contributed by atoms with Crippen molar-refractivity contribution in [2.45, 2.75) is 13.3 Å². The fraction of sp³-hybridized carbons (Fsp3) is 0.182. The maximum absolute atomic E-state index is 11.4. The molecule has 0 atom stereocenters. The van der Waals surface area contributed by atoms with Gasteiger partial charge in [0, 0.05) is 6.20 Å². The molecule has 70 valence electrons. The Bertz CT molecular complexity index is 447. The molecule has 1 aromatic rings. The molecule has 1 aromatic heterocycles. The minimum atomic E-state index is -0.192. The number of aromatic nitrogens is 1. The third-order valence-electron chi connectivity index (χ3n) is 2.24. The van der Waals surface area contributed by atoms with Crippen LogP contribution in [0.3, 0.4) is 0 Å². The molecule has 0 aliphatic heterocycles. The standard InChI is InChI=1S/C11H9NO2/c1-2-7-5-8-9(13)3-4-10(14)11(8)12-6-7/h3-6H,2H2,1H3. The summed E-state index contributed by atoms with van der Waals surface area (Å²) >= 11 is 0. The molecule has 0 fully saturated rings. The number of ketones is 2. The number of carbonyl (C=O) groups excluding carboxylic acids is 2. The molecule has 0 N–H and O–H groups in total. The molecule has 1 aliphatic rings. The summed E-state index contributed by atoms with van der Waals surface area (Å²) in [4.78, 5) is 26.7. The number of allylic oxidation sites excluding steroid dienone is 2. The van der Waals surface area contributed by atoms with E-state index >= 15 is 0 Å². The molecule has 3 nitrogen and oxygen atoms in total. The quantitative estimate of drug-likeness (QED) is 0.670. The average molecular weight is 187 g/mol. The molecule has 0 radical (unpaired) electrons. The van der Waals surface area contributed by atoms with Crippen molar-refractivity contribution in [2.24, 2.45) is 0 Å². The smallest absolute Gasteiger partial charge is 0.205 e. The Balaban J connectivity index is 2.61. The maximum atomic E-state index is 11.4. The normalized spacial score (nSPS) is 14.4. The third-order valence-corrected chi connectivity index (χ3v) is 2.24. The fourth-order valence-electron chi connectivity index (χ4n) is 1.41. The highest BCUT2D eigenvalue weighted by Gasteiger charge is 2.20. The SMILES string of the molecule is CCc1cnc2c(c1)C(=O)C=CC2=O. The molecule has 3 heteroatoms. The lowest BCUT2D eigenvalue weighted by atomic mass is 9.98. The van der Waals surface area contributed by atoms with E-state index in [1.54, 1.807) is 12.3 Å². The first-order valence-corrected chi connectivity index (χ1v) is 4.48. The second-order valence-corrected chi connectivity index (χ2v) is 3.16. The van der Waals surface area contributed by atoms with Crippen LogP contribution in [0.2, 0.25) is 0 Å². The Morgan fingerprint density at radius 2 is 1.93 bits per heavy atom. The number of carbonyl (C=O) groups is 2. The average Bonchev–Trinajstić information content (AvgIpc) is 2.23. The molecule has 0 saturated carbocycles. The zero-order valence-electron chi connectivity index (χ0n) is 7.78. The Kier molecular flexibility index (Phi) is 2.00. The number of fused-ring (bicyclic) bond motifs is 1. The molecule has 0 aromatic carbocycles. The number of hydrogen-bond donors (Lipinski definition) is 0. The van der Waals surface area contributed by atoms with Crippen LogP contribution in [0.25, 0.3) is 0 Å². The van der Waals surface area contributed by atoms with Crippen molar-refractivity contribution in [1.29, 1.82) is 0 Å². The van der Waals surface area contributed by atoms with E-state index in [9.17, 15) is 9.59 Å². The van der Waals surface area contributed by atoms with Gasteiger partial charge in [0.2, 0.25) is 5.78 Å². The number of aryl methyl sites for hydroxylation is 1. The minimum absolute atomic E-state index is 0.137. The highest BCUT2D eigenvalue weighted by atomic mass is 16.1. The van der Waals surface area contributed by atoms with Gasteiger partial charge in [-0.2, -0.15) is 0 Å². The lowest BCUT2D eigenvalue weighted by molar-refractivity contribution is 0.0990. The fourth-order valence-corrected chi connectivity index (χ4v) is 1.41. The van der Waals surface area contributed by atoms with Crippen molar-refractivity contribution in [2.75, 3.05) is 0 Å². The minimum Gasteiger partial charge on any atom is -0.289 e. The van der Waals surface area contributed by atoms with Gasteiger partial charge in [0.1, 0.15) is 5.69 Å².